The summed E-state index contributed by atoms with van der Waals surface area (Å²) < 4.78 is 0. The molecule has 1 aliphatic rings. The highest BCUT2D eigenvalue weighted by Gasteiger charge is 2.31. The van der Waals surface area contributed by atoms with Crippen LogP contribution in [0.2, 0.25) is 0 Å². The fourth-order valence-corrected chi connectivity index (χ4v) is 2.22. The molecule has 3 nitrogen and oxygen atoms in total. The number of benzene rings is 1. The molecule has 0 unspecified atom stereocenters. The van der Waals surface area contributed by atoms with E-state index < -0.39 is 6.10 Å². The Hall–Kier alpha value is -1.35. The quantitative estimate of drug-likeness (QED) is 0.810. The molecule has 0 radical (unpaired) electrons. The van der Waals surface area contributed by atoms with Crippen LogP contribution in [0.15, 0.2) is 24.3 Å². The van der Waals surface area contributed by atoms with E-state index in [0.29, 0.717) is 12.8 Å². The first-order valence-electron chi connectivity index (χ1n) is 5.77. The van der Waals surface area contributed by atoms with E-state index >= 15 is 0 Å². The van der Waals surface area contributed by atoms with E-state index in [1.807, 2.05) is 31.2 Å². The molecule has 1 aromatic rings. The number of hydrogen-bond acceptors (Lipinski definition) is 2. The Kier molecular flexibility index (Phi) is 3.25. The second-order valence-corrected chi connectivity index (χ2v) is 4.27. The minimum atomic E-state index is -0.488. The average Bonchev–Trinajstić information content (AvgIpc) is 2.56. The lowest BCUT2D eigenvalue weighted by atomic mass is 10.1. The maximum atomic E-state index is 11.5. The second-order valence-electron chi connectivity index (χ2n) is 4.27. The molecule has 3 heteroatoms. The number of carbonyl (C=O) groups is 1. The number of carbonyl (C=O) groups excluding carboxylic acids is 1. The third kappa shape index (κ3) is 2.09. The molecule has 16 heavy (non-hydrogen) atoms. The van der Waals surface area contributed by atoms with Crippen molar-refractivity contribution in [3.63, 3.8) is 0 Å². The molecule has 1 aromatic carbocycles. The molecule has 2 N–H and O–H groups in total. The van der Waals surface area contributed by atoms with Crippen LogP contribution in [0.4, 0.5) is 0 Å². The van der Waals surface area contributed by atoms with Gasteiger partial charge in [0.05, 0.1) is 12.1 Å². The lowest BCUT2D eigenvalue weighted by molar-refractivity contribution is -0.122. The smallest absolute Gasteiger partial charge is 0.220 e. The van der Waals surface area contributed by atoms with Crippen molar-refractivity contribution in [2.24, 2.45) is 0 Å². The number of amides is 1. The Morgan fingerprint density at radius 2 is 2.25 bits per heavy atom. The predicted molar refractivity (Wildman–Crippen MR) is 61.9 cm³/mol. The summed E-state index contributed by atoms with van der Waals surface area (Å²) in [7, 11) is 0. The van der Waals surface area contributed by atoms with Crippen LogP contribution in [0.1, 0.15) is 36.9 Å². The van der Waals surface area contributed by atoms with Gasteiger partial charge in [-0.05, 0) is 17.5 Å². The van der Waals surface area contributed by atoms with Crippen molar-refractivity contribution in [1.29, 1.82) is 0 Å². The van der Waals surface area contributed by atoms with E-state index in [2.05, 4.69) is 5.32 Å². The zero-order chi connectivity index (χ0) is 11.5. The first-order chi connectivity index (χ1) is 7.72. The number of aliphatic hydroxyl groups excluding tert-OH is 1. The molecule has 0 saturated carbocycles. The molecule has 0 heterocycles. The summed E-state index contributed by atoms with van der Waals surface area (Å²) in [5.74, 6) is 0.0169. The van der Waals surface area contributed by atoms with Gasteiger partial charge in [0.1, 0.15) is 0 Å². The predicted octanol–water partition coefficient (Wildman–Crippen LogP) is 1.56. The number of rotatable bonds is 3. The van der Waals surface area contributed by atoms with E-state index in [1.54, 1.807) is 0 Å². The van der Waals surface area contributed by atoms with Crippen LogP contribution >= 0.6 is 0 Å². The van der Waals surface area contributed by atoms with Gasteiger partial charge >= 0.3 is 0 Å². The van der Waals surface area contributed by atoms with Crippen molar-refractivity contribution in [2.45, 2.75) is 38.3 Å². The van der Waals surface area contributed by atoms with Crippen molar-refractivity contribution >= 4 is 5.91 Å². The summed E-state index contributed by atoms with van der Waals surface area (Å²) in [5.41, 5.74) is 2.19. The number of nitrogens with one attached hydrogen (secondary N) is 1. The maximum absolute atomic E-state index is 11.5. The minimum absolute atomic E-state index is 0.0169. The summed E-state index contributed by atoms with van der Waals surface area (Å²) in [6.07, 6.45) is 1.49. The standard InChI is InChI=1S/C13H17NO2/c1-2-5-12(16)14-13-10-7-4-3-6-9(10)8-11(13)15/h3-4,6-7,11,13,15H,2,5,8H2,1H3,(H,14,16)/t11-,13+/m1/s1. The van der Waals surface area contributed by atoms with Crippen molar-refractivity contribution < 1.29 is 9.90 Å². The van der Waals surface area contributed by atoms with Gasteiger partial charge in [-0.2, -0.15) is 0 Å². The van der Waals surface area contributed by atoms with Crippen molar-refractivity contribution in [3.05, 3.63) is 35.4 Å². The molecule has 0 aliphatic heterocycles. The lowest BCUT2D eigenvalue weighted by Crippen LogP contribution is -2.33. The fourth-order valence-electron chi connectivity index (χ4n) is 2.22. The molecule has 2 atom stereocenters. The van der Waals surface area contributed by atoms with Gasteiger partial charge in [-0.3, -0.25) is 4.79 Å². The largest absolute Gasteiger partial charge is 0.390 e. The number of hydrogen-bond donors (Lipinski definition) is 2. The minimum Gasteiger partial charge on any atom is -0.390 e. The van der Waals surface area contributed by atoms with Crippen LogP contribution in [0.3, 0.4) is 0 Å². The average molecular weight is 219 g/mol. The Bertz CT molecular complexity index is 389. The number of aliphatic hydroxyl groups is 1. The summed E-state index contributed by atoms with van der Waals surface area (Å²) in [6, 6.07) is 7.65. The van der Waals surface area contributed by atoms with E-state index in [9.17, 15) is 9.90 Å². The SMILES string of the molecule is CCCC(=O)N[C@H]1c2ccccc2C[C@H]1O. The van der Waals surface area contributed by atoms with Crippen LogP contribution in [-0.2, 0) is 11.2 Å². The molecule has 0 fully saturated rings. The van der Waals surface area contributed by atoms with E-state index in [0.717, 1.165) is 17.5 Å². The third-order valence-corrected chi connectivity index (χ3v) is 3.00. The van der Waals surface area contributed by atoms with Gasteiger partial charge in [-0.15, -0.1) is 0 Å². The van der Waals surface area contributed by atoms with Gasteiger partial charge < -0.3 is 10.4 Å². The van der Waals surface area contributed by atoms with Crippen LogP contribution in [0, 0.1) is 0 Å². The van der Waals surface area contributed by atoms with E-state index in [1.165, 1.54) is 0 Å². The Labute approximate surface area is 95.5 Å². The number of fused-ring (bicyclic) bond motifs is 1. The van der Waals surface area contributed by atoms with Crippen molar-refractivity contribution in [1.82, 2.24) is 5.32 Å². The van der Waals surface area contributed by atoms with E-state index in [-0.39, 0.29) is 11.9 Å². The first-order valence-corrected chi connectivity index (χ1v) is 5.77. The van der Waals surface area contributed by atoms with Gasteiger partial charge in [0.2, 0.25) is 5.91 Å². The molecule has 0 saturated heterocycles. The highest BCUT2D eigenvalue weighted by atomic mass is 16.3. The Balaban J connectivity index is 2.13. The molecule has 0 aromatic heterocycles. The highest BCUT2D eigenvalue weighted by molar-refractivity contribution is 5.76. The van der Waals surface area contributed by atoms with Crippen LogP contribution in [0.25, 0.3) is 0 Å². The zero-order valence-electron chi connectivity index (χ0n) is 9.44. The first kappa shape index (κ1) is 11.1. The second kappa shape index (κ2) is 4.66. The monoisotopic (exact) mass is 219 g/mol. The molecule has 0 spiro atoms. The summed E-state index contributed by atoms with van der Waals surface area (Å²) >= 11 is 0. The van der Waals surface area contributed by atoms with Gasteiger partial charge in [-0.1, -0.05) is 31.2 Å². The molecule has 1 aliphatic carbocycles. The third-order valence-electron chi connectivity index (χ3n) is 3.00. The topological polar surface area (TPSA) is 49.3 Å². The van der Waals surface area contributed by atoms with E-state index in [4.69, 9.17) is 0 Å². The van der Waals surface area contributed by atoms with Crippen LogP contribution < -0.4 is 5.32 Å². The van der Waals surface area contributed by atoms with Gasteiger partial charge in [0.15, 0.2) is 0 Å². The molecule has 1 amide bonds. The van der Waals surface area contributed by atoms with Crippen LogP contribution in [0.5, 0.6) is 0 Å². The van der Waals surface area contributed by atoms with Gasteiger partial charge in [0, 0.05) is 12.8 Å². The van der Waals surface area contributed by atoms with Crippen molar-refractivity contribution in [2.75, 3.05) is 0 Å². The summed E-state index contributed by atoms with van der Waals surface area (Å²) in [6.45, 7) is 1.97. The van der Waals surface area contributed by atoms with Gasteiger partial charge in [-0.25, -0.2) is 0 Å². The Morgan fingerprint density at radius 1 is 1.50 bits per heavy atom. The molecule has 0 bridgehead atoms. The zero-order valence-corrected chi connectivity index (χ0v) is 9.44. The fraction of sp³-hybridized carbons (Fsp3) is 0.462. The highest BCUT2D eigenvalue weighted by Crippen LogP contribution is 2.31. The summed E-state index contributed by atoms with van der Waals surface area (Å²) in [5, 5.41) is 12.8. The Morgan fingerprint density at radius 3 is 3.00 bits per heavy atom. The lowest BCUT2D eigenvalue weighted by Gasteiger charge is -2.17. The molecule has 86 valence electrons. The van der Waals surface area contributed by atoms with Crippen LogP contribution in [-0.4, -0.2) is 17.1 Å². The molecular weight excluding hydrogens is 202 g/mol. The summed E-state index contributed by atoms with van der Waals surface area (Å²) in [4.78, 5) is 11.5. The van der Waals surface area contributed by atoms with Gasteiger partial charge in [0.25, 0.3) is 0 Å². The molecule has 2 rings (SSSR count). The maximum Gasteiger partial charge on any atom is 0.220 e. The normalized spacial score (nSPS) is 22.9. The molecular formula is C13H17NO2. The van der Waals surface area contributed by atoms with Crippen molar-refractivity contribution in [3.8, 4) is 0 Å².